The van der Waals surface area contributed by atoms with Gasteiger partial charge in [0.2, 0.25) is 0 Å². The van der Waals surface area contributed by atoms with E-state index in [1.807, 2.05) is 0 Å². The van der Waals surface area contributed by atoms with Crippen molar-refractivity contribution in [3.05, 3.63) is 17.0 Å². The highest BCUT2D eigenvalue weighted by molar-refractivity contribution is 5.28. The minimum absolute atomic E-state index is 0.445. The molecular formula is C16H31N3. The van der Waals surface area contributed by atoms with Gasteiger partial charge >= 0.3 is 0 Å². The summed E-state index contributed by atoms with van der Waals surface area (Å²) in [5, 5.41) is 8.33. The molecule has 0 aliphatic rings. The first-order valence-electron chi connectivity index (χ1n) is 7.82. The molecule has 1 N–H and O–H groups in total. The van der Waals surface area contributed by atoms with Gasteiger partial charge in [-0.15, -0.1) is 0 Å². The fourth-order valence-electron chi connectivity index (χ4n) is 2.97. The van der Waals surface area contributed by atoms with Gasteiger partial charge in [0, 0.05) is 23.8 Å². The Morgan fingerprint density at radius 1 is 1.21 bits per heavy atom. The van der Waals surface area contributed by atoms with Crippen molar-refractivity contribution < 1.29 is 0 Å². The van der Waals surface area contributed by atoms with Crippen LogP contribution >= 0.6 is 0 Å². The van der Waals surface area contributed by atoms with Crippen molar-refractivity contribution in [2.45, 2.75) is 73.4 Å². The number of nitrogens with one attached hydrogen (secondary N) is 1. The van der Waals surface area contributed by atoms with Gasteiger partial charge in [-0.25, -0.2) is 0 Å². The van der Waals surface area contributed by atoms with Crippen LogP contribution in [0.4, 0.5) is 0 Å². The topological polar surface area (TPSA) is 29.9 Å². The van der Waals surface area contributed by atoms with Crippen LogP contribution in [0.1, 0.15) is 70.0 Å². The fraction of sp³-hybridized carbons (Fsp3) is 0.812. The van der Waals surface area contributed by atoms with Crippen LogP contribution in [0.3, 0.4) is 0 Å². The van der Waals surface area contributed by atoms with Crippen molar-refractivity contribution in [2.24, 2.45) is 5.92 Å². The molecule has 3 nitrogen and oxygen atoms in total. The molecular weight excluding hydrogens is 234 g/mol. The number of hydrogen-bond donors (Lipinski definition) is 1. The predicted molar refractivity (Wildman–Crippen MR) is 82.5 cm³/mol. The monoisotopic (exact) mass is 265 g/mol. The molecule has 3 heteroatoms. The first kappa shape index (κ1) is 16.2. The molecule has 1 aromatic rings. The molecule has 0 saturated carbocycles. The molecule has 2 atom stereocenters. The Hall–Kier alpha value is -0.830. The molecule has 2 unspecified atom stereocenters. The number of rotatable bonds is 8. The number of nitrogens with zero attached hydrogens (tertiary/aromatic N) is 2. The molecule has 1 rings (SSSR count). The van der Waals surface area contributed by atoms with Crippen molar-refractivity contribution >= 4 is 0 Å². The summed E-state index contributed by atoms with van der Waals surface area (Å²) < 4.78 is 2.21. The minimum atomic E-state index is 0.445. The van der Waals surface area contributed by atoms with Gasteiger partial charge in [-0.3, -0.25) is 4.68 Å². The Balaban J connectivity index is 2.92. The quantitative estimate of drug-likeness (QED) is 0.770. The summed E-state index contributed by atoms with van der Waals surface area (Å²) in [5.41, 5.74) is 3.94. The highest BCUT2D eigenvalue weighted by Crippen LogP contribution is 2.25. The van der Waals surface area contributed by atoms with Crippen molar-refractivity contribution in [2.75, 3.05) is 6.54 Å². The average Bonchev–Trinajstić information content (AvgIpc) is 2.62. The maximum atomic E-state index is 4.76. The van der Waals surface area contributed by atoms with Crippen LogP contribution in [0, 0.1) is 19.8 Å². The van der Waals surface area contributed by atoms with Gasteiger partial charge < -0.3 is 5.32 Å². The zero-order chi connectivity index (χ0) is 14.4. The second-order valence-corrected chi connectivity index (χ2v) is 5.68. The first-order chi connectivity index (χ1) is 9.04. The van der Waals surface area contributed by atoms with Gasteiger partial charge in [0.1, 0.15) is 0 Å². The van der Waals surface area contributed by atoms with E-state index in [1.54, 1.807) is 0 Å². The number of hydrogen-bond acceptors (Lipinski definition) is 2. The fourth-order valence-corrected chi connectivity index (χ4v) is 2.97. The van der Waals surface area contributed by atoms with Crippen molar-refractivity contribution in [3.8, 4) is 0 Å². The lowest BCUT2D eigenvalue weighted by Crippen LogP contribution is -2.21. The van der Waals surface area contributed by atoms with Gasteiger partial charge in [0.15, 0.2) is 0 Å². The third-order valence-electron chi connectivity index (χ3n) is 3.91. The lowest BCUT2D eigenvalue weighted by atomic mass is 10.0. The van der Waals surface area contributed by atoms with Crippen LogP contribution in [0.15, 0.2) is 0 Å². The van der Waals surface area contributed by atoms with E-state index in [9.17, 15) is 0 Å². The molecule has 110 valence electrons. The Labute approximate surface area is 118 Å². The molecule has 0 bridgehead atoms. The zero-order valence-electron chi connectivity index (χ0n) is 13.6. The second-order valence-electron chi connectivity index (χ2n) is 5.68. The second kappa shape index (κ2) is 7.68. The van der Waals surface area contributed by atoms with E-state index in [0.29, 0.717) is 12.0 Å². The standard InChI is InChI=1S/C16H31N3/c1-7-10-12(4)11-19-14(6)16(13(5)18-19)15(8-2)17-9-3/h12,15,17H,7-11H2,1-6H3. The number of aryl methyl sites for hydroxylation is 1. The molecule has 0 aromatic carbocycles. The Morgan fingerprint density at radius 2 is 1.89 bits per heavy atom. The summed E-state index contributed by atoms with van der Waals surface area (Å²) in [7, 11) is 0. The summed E-state index contributed by atoms with van der Waals surface area (Å²) in [5.74, 6) is 0.704. The van der Waals surface area contributed by atoms with Crippen LogP contribution < -0.4 is 5.32 Å². The average molecular weight is 265 g/mol. The van der Waals surface area contributed by atoms with Crippen molar-refractivity contribution in [1.82, 2.24) is 15.1 Å². The molecule has 0 radical (unpaired) electrons. The van der Waals surface area contributed by atoms with E-state index in [4.69, 9.17) is 5.10 Å². The molecule has 0 spiro atoms. The Kier molecular flexibility index (Phi) is 6.56. The van der Waals surface area contributed by atoms with Crippen LogP contribution in [-0.4, -0.2) is 16.3 Å². The van der Waals surface area contributed by atoms with Gasteiger partial charge in [-0.2, -0.15) is 5.10 Å². The molecule has 0 aliphatic heterocycles. The minimum Gasteiger partial charge on any atom is -0.310 e. The molecule has 0 saturated heterocycles. The van der Waals surface area contributed by atoms with Crippen molar-refractivity contribution in [1.29, 1.82) is 0 Å². The zero-order valence-corrected chi connectivity index (χ0v) is 13.6. The third-order valence-corrected chi connectivity index (χ3v) is 3.91. The molecule has 0 aliphatic carbocycles. The molecule has 0 fully saturated rings. The Morgan fingerprint density at radius 3 is 2.42 bits per heavy atom. The summed E-state index contributed by atoms with van der Waals surface area (Å²) >= 11 is 0. The summed E-state index contributed by atoms with van der Waals surface area (Å²) in [6.07, 6.45) is 3.64. The smallest absolute Gasteiger partial charge is 0.0644 e. The van der Waals surface area contributed by atoms with E-state index in [0.717, 1.165) is 19.5 Å². The van der Waals surface area contributed by atoms with Gasteiger partial charge in [0.25, 0.3) is 0 Å². The largest absolute Gasteiger partial charge is 0.310 e. The molecule has 0 amide bonds. The van der Waals surface area contributed by atoms with Crippen LogP contribution in [0.25, 0.3) is 0 Å². The lowest BCUT2D eigenvalue weighted by molar-refractivity contribution is 0.413. The van der Waals surface area contributed by atoms with E-state index in [-0.39, 0.29) is 0 Å². The van der Waals surface area contributed by atoms with Gasteiger partial charge in [-0.05, 0) is 39.2 Å². The lowest BCUT2D eigenvalue weighted by Gasteiger charge is -2.17. The normalized spacial score (nSPS) is 14.6. The van der Waals surface area contributed by atoms with Crippen LogP contribution in [0.5, 0.6) is 0 Å². The first-order valence-corrected chi connectivity index (χ1v) is 7.82. The maximum absolute atomic E-state index is 4.76. The van der Waals surface area contributed by atoms with E-state index < -0.39 is 0 Å². The third kappa shape index (κ3) is 4.07. The summed E-state index contributed by atoms with van der Waals surface area (Å²) in [4.78, 5) is 0. The van der Waals surface area contributed by atoms with Gasteiger partial charge in [0.05, 0.1) is 5.69 Å². The molecule has 1 heterocycles. The van der Waals surface area contributed by atoms with Crippen LogP contribution in [0.2, 0.25) is 0 Å². The van der Waals surface area contributed by atoms with Crippen LogP contribution in [-0.2, 0) is 6.54 Å². The van der Waals surface area contributed by atoms with E-state index >= 15 is 0 Å². The van der Waals surface area contributed by atoms with Gasteiger partial charge in [-0.1, -0.05) is 34.1 Å². The molecule has 19 heavy (non-hydrogen) atoms. The molecule has 1 aromatic heterocycles. The SMILES string of the molecule is CCCC(C)Cn1nc(C)c(C(CC)NCC)c1C. The predicted octanol–water partition coefficient (Wildman–Crippen LogP) is 4.00. The highest BCUT2D eigenvalue weighted by Gasteiger charge is 2.19. The maximum Gasteiger partial charge on any atom is 0.0644 e. The summed E-state index contributed by atoms with van der Waals surface area (Å²) in [6.45, 7) is 15.4. The van der Waals surface area contributed by atoms with E-state index in [1.165, 1.54) is 29.8 Å². The highest BCUT2D eigenvalue weighted by atomic mass is 15.3. The summed E-state index contributed by atoms with van der Waals surface area (Å²) in [6, 6.07) is 0.445. The van der Waals surface area contributed by atoms with Crippen molar-refractivity contribution in [3.63, 3.8) is 0 Å². The Bertz CT molecular complexity index is 382. The van der Waals surface area contributed by atoms with E-state index in [2.05, 4.69) is 51.5 Å². The number of aromatic nitrogens is 2.